The number of carbonyl (C=O) groups is 3. The third-order valence-electron chi connectivity index (χ3n) is 11.4. The number of amides is 3. The number of ether oxygens (including phenoxy) is 1. The number of piperidine rings is 1. The Labute approximate surface area is 264 Å². The fourth-order valence-electron chi connectivity index (χ4n) is 8.38. The monoisotopic (exact) mass is 606 g/mol. The molecule has 1 spiro atoms. The predicted octanol–water partition coefficient (Wildman–Crippen LogP) is 4.48. The summed E-state index contributed by atoms with van der Waals surface area (Å²) in [7, 11) is 0. The van der Waals surface area contributed by atoms with Gasteiger partial charge in [0.1, 0.15) is 6.04 Å². The molecule has 0 bridgehead atoms. The number of nitrogens with one attached hydrogen (secondary N) is 1. The summed E-state index contributed by atoms with van der Waals surface area (Å²) in [6, 6.07) is 9.69. The molecule has 0 radical (unpaired) electrons. The number of likely N-dealkylation sites (tertiary alicyclic amines) is 3. The molecule has 1 N–H and O–H groups in total. The highest BCUT2D eigenvalue weighted by atomic mass is 16.5. The maximum atomic E-state index is 14.3. The number of carbonyl (C=O) groups excluding carboxylic acids is 3. The van der Waals surface area contributed by atoms with Crippen molar-refractivity contribution < 1.29 is 19.1 Å². The lowest BCUT2D eigenvalue weighted by atomic mass is 9.70. The lowest BCUT2D eigenvalue weighted by Crippen LogP contribution is -2.65. The van der Waals surface area contributed by atoms with Crippen LogP contribution in [0, 0.1) is 28.6 Å². The number of rotatable bonds is 10. The van der Waals surface area contributed by atoms with Crippen molar-refractivity contribution in [3.8, 4) is 0 Å². The van der Waals surface area contributed by atoms with Gasteiger partial charge >= 0.3 is 0 Å². The van der Waals surface area contributed by atoms with Crippen LogP contribution in [0.4, 0.5) is 0 Å². The topological polar surface area (TPSA) is 82.2 Å². The first-order valence-electron chi connectivity index (χ1n) is 17.4. The Bertz CT molecular complexity index is 1170. The van der Waals surface area contributed by atoms with E-state index < -0.39 is 12.1 Å². The molecule has 242 valence electrons. The molecule has 0 unspecified atom stereocenters. The van der Waals surface area contributed by atoms with Gasteiger partial charge in [-0.1, -0.05) is 63.4 Å². The highest BCUT2D eigenvalue weighted by molar-refractivity contribution is 5.90. The summed E-state index contributed by atoms with van der Waals surface area (Å²) < 4.78 is 6.39. The molecule has 2 aliphatic carbocycles. The molecule has 44 heavy (non-hydrogen) atoms. The van der Waals surface area contributed by atoms with Gasteiger partial charge < -0.3 is 19.9 Å². The summed E-state index contributed by atoms with van der Waals surface area (Å²) in [6.07, 6.45) is 9.85. The summed E-state index contributed by atoms with van der Waals surface area (Å²) >= 11 is 0. The fourth-order valence-corrected chi connectivity index (χ4v) is 8.38. The summed E-state index contributed by atoms with van der Waals surface area (Å²) in [5, 5.41) is 3.26. The van der Waals surface area contributed by atoms with Gasteiger partial charge in [0, 0.05) is 63.8 Å². The Morgan fingerprint density at radius 3 is 2.23 bits per heavy atom. The second-order valence-corrected chi connectivity index (χ2v) is 15.4. The highest BCUT2D eigenvalue weighted by Crippen LogP contribution is 2.54. The van der Waals surface area contributed by atoms with Crippen molar-refractivity contribution in [1.29, 1.82) is 0 Å². The highest BCUT2D eigenvalue weighted by Gasteiger charge is 2.61. The van der Waals surface area contributed by atoms with E-state index in [1.807, 2.05) is 22.8 Å². The zero-order valence-electron chi connectivity index (χ0n) is 27.3. The van der Waals surface area contributed by atoms with Crippen molar-refractivity contribution in [3.05, 3.63) is 35.9 Å². The van der Waals surface area contributed by atoms with Crippen molar-refractivity contribution in [2.24, 2.45) is 28.6 Å². The number of hydrogen-bond acceptors (Lipinski definition) is 5. The van der Waals surface area contributed by atoms with Crippen molar-refractivity contribution in [3.63, 3.8) is 0 Å². The zero-order chi connectivity index (χ0) is 30.9. The second kappa shape index (κ2) is 13.1. The molecule has 4 atom stereocenters. The minimum absolute atomic E-state index is 0.0104. The summed E-state index contributed by atoms with van der Waals surface area (Å²) in [5.74, 6) is 0.510. The third kappa shape index (κ3) is 6.86. The standard InChI is InChI=1S/C36H54N4O4/c1-26(44-22-28-15-9-5-10-16-28)31(34(43)39-17-11-6-12-18-39)37-32(41)30-21-38(20-27-13-7-4-8-14-27)23-36(30)24-40(25-36)33(42)29-19-35(29,2)3/h4,7-8,13-14,26,28-31H,5-6,9-12,15-25H2,1-3H3,(H,37,41)/t26-,29-,30+,31-/m1/s1. The molecule has 2 saturated carbocycles. The summed E-state index contributed by atoms with van der Waals surface area (Å²) in [6.45, 7) is 11.8. The van der Waals surface area contributed by atoms with E-state index in [2.05, 4.69) is 48.3 Å². The van der Waals surface area contributed by atoms with E-state index in [4.69, 9.17) is 4.74 Å². The predicted molar refractivity (Wildman–Crippen MR) is 170 cm³/mol. The number of nitrogens with zero attached hydrogens (tertiary/aromatic N) is 3. The molecular formula is C36H54N4O4. The normalized spacial score (nSPS) is 27.9. The third-order valence-corrected chi connectivity index (χ3v) is 11.4. The molecule has 8 heteroatoms. The van der Waals surface area contributed by atoms with Gasteiger partial charge in [-0.15, -0.1) is 0 Å². The lowest BCUT2D eigenvalue weighted by molar-refractivity contribution is -0.153. The molecule has 3 aliphatic heterocycles. The van der Waals surface area contributed by atoms with Crippen LogP contribution in [-0.4, -0.2) is 90.4 Å². The Morgan fingerprint density at radius 2 is 1.57 bits per heavy atom. The van der Waals surface area contributed by atoms with Crippen LogP contribution in [0.5, 0.6) is 0 Å². The van der Waals surface area contributed by atoms with Crippen molar-refractivity contribution in [1.82, 2.24) is 20.0 Å². The Morgan fingerprint density at radius 1 is 0.909 bits per heavy atom. The fraction of sp³-hybridized carbons (Fsp3) is 0.750. The largest absolute Gasteiger partial charge is 0.376 e. The van der Waals surface area contributed by atoms with Gasteiger partial charge in [0.15, 0.2) is 0 Å². The molecule has 0 aromatic heterocycles. The lowest BCUT2D eigenvalue weighted by Gasteiger charge is -2.51. The molecule has 5 fully saturated rings. The maximum Gasteiger partial charge on any atom is 0.247 e. The number of benzene rings is 1. The quantitative estimate of drug-likeness (QED) is 0.425. The van der Waals surface area contributed by atoms with Crippen LogP contribution in [0.3, 0.4) is 0 Å². The van der Waals surface area contributed by atoms with Gasteiger partial charge in [0.2, 0.25) is 17.7 Å². The van der Waals surface area contributed by atoms with E-state index in [0.29, 0.717) is 32.2 Å². The molecule has 3 heterocycles. The molecule has 8 nitrogen and oxygen atoms in total. The van der Waals surface area contributed by atoms with Crippen molar-refractivity contribution >= 4 is 17.7 Å². The van der Waals surface area contributed by atoms with E-state index in [1.54, 1.807) is 0 Å². The van der Waals surface area contributed by atoms with E-state index >= 15 is 0 Å². The van der Waals surface area contributed by atoms with Gasteiger partial charge in [0.25, 0.3) is 0 Å². The molecular weight excluding hydrogens is 552 g/mol. The second-order valence-electron chi connectivity index (χ2n) is 15.4. The summed E-state index contributed by atoms with van der Waals surface area (Å²) in [5.41, 5.74) is 1.01. The van der Waals surface area contributed by atoms with Gasteiger partial charge in [-0.3, -0.25) is 19.3 Å². The van der Waals surface area contributed by atoms with Crippen LogP contribution < -0.4 is 5.32 Å². The van der Waals surface area contributed by atoms with Crippen molar-refractivity contribution in [2.45, 2.75) is 97.2 Å². The minimum Gasteiger partial charge on any atom is -0.376 e. The molecule has 1 aromatic rings. The smallest absolute Gasteiger partial charge is 0.247 e. The Kier molecular flexibility index (Phi) is 9.40. The average molecular weight is 607 g/mol. The molecule has 1 aromatic carbocycles. The van der Waals surface area contributed by atoms with Crippen LogP contribution in [0.2, 0.25) is 0 Å². The van der Waals surface area contributed by atoms with E-state index in [1.165, 1.54) is 37.7 Å². The van der Waals surface area contributed by atoms with Crippen LogP contribution in [0.25, 0.3) is 0 Å². The van der Waals surface area contributed by atoms with Crippen LogP contribution in [0.15, 0.2) is 30.3 Å². The van der Waals surface area contributed by atoms with Crippen LogP contribution in [-0.2, 0) is 25.7 Å². The first-order valence-corrected chi connectivity index (χ1v) is 17.4. The Balaban J connectivity index is 1.17. The van der Waals surface area contributed by atoms with Gasteiger partial charge in [0.05, 0.1) is 12.0 Å². The summed E-state index contributed by atoms with van der Waals surface area (Å²) in [4.78, 5) is 47.8. The first-order chi connectivity index (χ1) is 21.1. The maximum absolute atomic E-state index is 14.3. The van der Waals surface area contributed by atoms with Gasteiger partial charge in [-0.25, -0.2) is 0 Å². The van der Waals surface area contributed by atoms with Crippen molar-refractivity contribution in [2.75, 3.05) is 45.9 Å². The minimum atomic E-state index is -0.700. The SMILES string of the molecule is C[C@@H](OCC1CCCCC1)[C@@H](NC(=O)[C@@H]1CN(Cc2ccccc2)CC12CN(C(=O)[C@H]1CC1(C)C)C2)C(=O)N1CCCCC1. The van der Waals surface area contributed by atoms with Gasteiger partial charge in [-0.05, 0) is 62.3 Å². The number of hydrogen-bond donors (Lipinski definition) is 1. The molecule has 3 amide bonds. The van der Waals surface area contributed by atoms with Gasteiger partial charge in [-0.2, -0.15) is 0 Å². The molecule has 6 rings (SSSR count). The van der Waals surface area contributed by atoms with E-state index in [9.17, 15) is 14.4 Å². The van der Waals surface area contributed by atoms with Crippen LogP contribution >= 0.6 is 0 Å². The first kappa shape index (κ1) is 31.5. The Hall–Kier alpha value is -2.45. The van der Waals surface area contributed by atoms with Crippen LogP contribution in [0.1, 0.15) is 84.1 Å². The molecule has 3 saturated heterocycles. The zero-order valence-corrected chi connectivity index (χ0v) is 27.3. The average Bonchev–Trinajstić information content (AvgIpc) is 3.49. The molecule has 5 aliphatic rings. The van der Waals surface area contributed by atoms with E-state index in [0.717, 1.165) is 51.9 Å². The van der Waals surface area contributed by atoms with E-state index in [-0.39, 0.29) is 40.4 Å².